The van der Waals surface area contributed by atoms with Gasteiger partial charge in [-0.15, -0.1) is 0 Å². The second kappa shape index (κ2) is 46.4. The second-order valence-electron chi connectivity index (χ2n) is 15.7. The van der Waals surface area contributed by atoms with Crippen LogP contribution in [0.5, 0.6) is 0 Å². The van der Waals surface area contributed by atoms with Crippen molar-refractivity contribution in [1.82, 2.24) is 0 Å². The lowest BCUT2D eigenvalue weighted by Gasteiger charge is -2.20. The van der Waals surface area contributed by atoms with Gasteiger partial charge in [0.05, 0.1) is 26.4 Å². The molecule has 0 aromatic rings. The number of phosphoric ester groups is 1. The van der Waals surface area contributed by atoms with Crippen molar-refractivity contribution >= 4 is 13.8 Å². The Morgan fingerprint density at radius 3 is 1.45 bits per heavy atom. The molecule has 3 unspecified atom stereocenters. The molecule has 0 saturated carbocycles. The van der Waals surface area contributed by atoms with Gasteiger partial charge in [-0.2, -0.15) is 0 Å². The molecule has 0 bridgehead atoms. The van der Waals surface area contributed by atoms with E-state index in [1.54, 1.807) is 0 Å². The largest absolute Gasteiger partial charge is 0.472 e. The summed E-state index contributed by atoms with van der Waals surface area (Å²) in [5, 5.41) is 18.4. The smallest absolute Gasteiger partial charge is 0.457 e. The van der Waals surface area contributed by atoms with E-state index in [9.17, 15) is 19.4 Å². The average molecular weight is 865 g/mol. The Bertz CT molecular complexity index is 1160. The quantitative estimate of drug-likeness (QED) is 0.0237. The first-order valence-corrected chi connectivity index (χ1v) is 25.4. The molecule has 348 valence electrons. The third kappa shape index (κ3) is 45.4. The lowest BCUT2D eigenvalue weighted by Crippen LogP contribution is -2.29. The SMILES string of the molecule is CC/C=C\C/C=C\C/C=C\C/C=C\C/C=C\CCCCOCC(COP(=O)(O)OCC(O)CO)OC(=O)CCCCCCCCCCC/C=C\CCCCCCCCCC. The fourth-order valence-electron chi connectivity index (χ4n) is 6.26. The summed E-state index contributed by atoms with van der Waals surface area (Å²) in [6.07, 6.45) is 55.9. The zero-order valence-corrected chi connectivity index (χ0v) is 39.1. The predicted octanol–water partition coefficient (Wildman–Crippen LogP) is 13.7. The molecule has 0 aliphatic carbocycles. The highest BCUT2D eigenvalue weighted by Crippen LogP contribution is 2.43. The van der Waals surface area contributed by atoms with Crippen molar-refractivity contribution in [2.24, 2.45) is 0 Å². The zero-order chi connectivity index (χ0) is 43.9. The second-order valence-corrected chi connectivity index (χ2v) is 17.2. The monoisotopic (exact) mass is 865 g/mol. The summed E-state index contributed by atoms with van der Waals surface area (Å²) in [5.74, 6) is -0.401. The third-order valence-corrected chi connectivity index (χ3v) is 10.8. The van der Waals surface area contributed by atoms with Crippen molar-refractivity contribution in [1.29, 1.82) is 0 Å². The Hall–Kier alpha value is -2.10. The van der Waals surface area contributed by atoms with E-state index in [-0.39, 0.29) is 13.0 Å². The van der Waals surface area contributed by atoms with Crippen LogP contribution in [-0.4, -0.2) is 66.3 Å². The van der Waals surface area contributed by atoms with Gasteiger partial charge in [-0.3, -0.25) is 13.8 Å². The first-order chi connectivity index (χ1) is 29.3. The Kier molecular flexibility index (Phi) is 44.8. The van der Waals surface area contributed by atoms with E-state index in [4.69, 9.17) is 23.6 Å². The van der Waals surface area contributed by atoms with Crippen molar-refractivity contribution in [3.63, 3.8) is 0 Å². The maximum absolute atomic E-state index is 12.7. The molecule has 3 N–H and O–H groups in total. The summed E-state index contributed by atoms with van der Waals surface area (Å²) in [4.78, 5) is 22.6. The Morgan fingerprint density at radius 1 is 0.533 bits per heavy atom. The Morgan fingerprint density at radius 2 is 0.950 bits per heavy atom. The van der Waals surface area contributed by atoms with Gasteiger partial charge in [-0.1, -0.05) is 177 Å². The summed E-state index contributed by atoms with van der Waals surface area (Å²) in [6, 6.07) is 0. The highest BCUT2D eigenvalue weighted by atomic mass is 31.2. The molecule has 0 rings (SSSR count). The zero-order valence-electron chi connectivity index (χ0n) is 38.2. The lowest BCUT2D eigenvalue weighted by molar-refractivity contribution is -0.154. The summed E-state index contributed by atoms with van der Waals surface area (Å²) in [5.41, 5.74) is 0. The molecule has 0 fully saturated rings. The van der Waals surface area contributed by atoms with Gasteiger partial charge < -0.3 is 24.6 Å². The molecule has 0 aromatic heterocycles. The van der Waals surface area contributed by atoms with Crippen molar-refractivity contribution in [2.45, 2.75) is 206 Å². The van der Waals surface area contributed by atoms with E-state index >= 15 is 0 Å². The van der Waals surface area contributed by atoms with Crippen LogP contribution in [0.15, 0.2) is 72.9 Å². The van der Waals surface area contributed by atoms with Gasteiger partial charge in [0.1, 0.15) is 12.2 Å². The number of ether oxygens (including phenoxy) is 2. The number of aliphatic hydroxyl groups is 2. The molecule has 9 nitrogen and oxygen atoms in total. The molecule has 0 aliphatic heterocycles. The van der Waals surface area contributed by atoms with Crippen LogP contribution in [0.2, 0.25) is 0 Å². The lowest BCUT2D eigenvalue weighted by atomic mass is 10.1. The van der Waals surface area contributed by atoms with Gasteiger partial charge in [0.25, 0.3) is 0 Å². The van der Waals surface area contributed by atoms with E-state index in [2.05, 4.69) is 86.8 Å². The molecule has 0 heterocycles. The topological polar surface area (TPSA) is 132 Å². The maximum Gasteiger partial charge on any atom is 0.472 e. The summed E-state index contributed by atoms with van der Waals surface area (Å²) in [7, 11) is -4.54. The fraction of sp³-hybridized carbons (Fsp3) is 0.740. The highest BCUT2D eigenvalue weighted by molar-refractivity contribution is 7.47. The minimum absolute atomic E-state index is 0.0161. The Balaban J connectivity index is 4.19. The van der Waals surface area contributed by atoms with Crippen molar-refractivity contribution < 1.29 is 43.0 Å². The molecule has 10 heteroatoms. The highest BCUT2D eigenvalue weighted by Gasteiger charge is 2.26. The molecule has 0 radical (unpaired) electrons. The summed E-state index contributed by atoms with van der Waals surface area (Å²) >= 11 is 0. The number of carbonyl (C=O) groups excluding carboxylic acids is 1. The van der Waals surface area contributed by atoms with E-state index in [1.165, 1.54) is 96.3 Å². The van der Waals surface area contributed by atoms with Gasteiger partial charge >= 0.3 is 13.8 Å². The number of hydrogen-bond donors (Lipinski definition) is 3. The molecule has 0 spiro atoms. The number of hydrogen-bond acceptors (Lipinski definition) is 8. The van der Waals surface area contributed by atoms with Crippen LogP contribution >= 0.6 is 7.82 Å². The number of carbonyl (C=O) groups is 1. The molecule has 0 aliphatic rings. The van der Waals surface area contributed by atoms with Gasteiger partial charge in [-0.05, 0) is 83.5 Å². The first kappa shape index (κ1) is 57.9. The normalized spacial score (nSPS) is 14.6. The van der Waals surface area contributed by atoms with E-state index in [0.29, 0.717) is 6.61 Å². The number of allylic oxidation sites excluding steroid dienone is 12. The van der Waals surface area contributed by atoms with Crippen molar-refractivity contribution in [3.05, 3.63) is 72.9 Å². The van der Waals surface area contributed by atoms with Gasteiger partial charge in [0.2, 0.25) is 0 Å². The minimum Gasteiger partial charge on any atom is -0.457 e. The molecule has 0 saturated heterocycles. The molecule has 60 heavy (non-hydrogen) atoms. The number of phosphoric acid groups is 1. The van der Waals surface area contributed by atoms with E-state index < -0.39 is 45.8 Å². The molecular formula is C50H89O9P. The van der Waals surface area contributed by atoms with Crippen LogP contribution in [0.1, 0.15) is 194 Å². The van der Waals surface area contributed by atoms with Crippen LogP contribution in [-0.2, 0) is 27.9 Å². The standard InChI is InChI=1S/C50H89O9P/c1-3-5-7-9-11-13-15-17-19-21-23-24-25-26-28-30-32-34-36-38-40-42-50(53)59-49(47-58-60(54,55)57-45-48(52)44-51)46-56-43-41-39-37-35-33-31-29-27-22-20-18-16-14-12-10-8-6-4-2/h6,8,12,14,18,20-21,23,27,29,33,35,48-49,51-52H,3-5,7,9-11,13,15-17,19,22,24-26,28,30-32,34,36-47H2,1-2H3,(H,54,55)/b8-6-,14-12-,20-18-,23-21-,29-27-,35-33-. The van der Waals surface area contributed by atoms with E-state index in [1.807, 2.05) is 0 Å². The summed E-state index contributed by atoms with van der Waals surface area (Å²) in [6.45, 7) is 3.29. The van der Waals surface area contributed by atoms with Gasteiger partial charge in [-0.25, -0.2) is 4.57 Å². The average Bonchev–Trinajstić information content (AvgIpc) is 3.24. The third-order valence-electron chi connectivity index (χ3n) is 9.88. The molecule has 3 atom stereocenters. The Labute approximate surface area is 367 Å². The summed E-state index contributed by atoms with van der Waals surface area (Å²) < 4.78 is 33.4. The predicted molar refractivity (Wildman–Crippen MR) is 251 cm³/mol. The fourth-order valence-corrected chi connectivity index (χ4v) is 7.05. The maximum atomic E-state index is 12.7. The van der Waals surface area contributed by atoms with Crippen molar-refractivity contribution in [3.8, 4) is 0 Å². The number of aliphatic hydroxyl groups excluding tert-OH is 2. The van der Waals surface area contributed by atoms with Gasteiger partial charge in [0, 0.05) is 13.0 Å². The first-order valence-electron chi connectivity index (χ1n) is 23.9. The minimum atomic E-state index is -4.54. The number of unbranched alkanes of at least 4 members (excludes halogenated alkanes) is 19. The van der Waals surface area contributed by atoms with Crippen LogP contribution in [0.4, 0.5) is 0 Å². The van der Waals surface area contributed by atoms with Crippen molar-refractivity contribution in [2.75, 3.05) is 33.0 Å². The number of esters is 1. The van der Waals surface area contributed by atoms with Crippen LogP contribution in [0.25, 0.3) is 0 Å². The molecular weight excluding hydrogens is 776 g/mol. The van der Waals surface area contributed by atoms with E-state index in [0.717, 1.165) is 77.0 Å². The van der Waals surface area contributed by atoms with Crippen LogP contribution < -0.4 is 0 Å². The molecule has 0 amide bonds. The van der Waals surface area contributed by atoms with Crippen LogP contribution in [0.3, 0.4) is 0 Å². The molecule has 0 aromatic carbocycles. The number of rotatable bonds is 45. The van der Waals surface area contributed by atoms with Gasteiger partial charge in [0.15, 0.2) is 0 Å². The van der Waals surface area contributed by atoms with Crippen LogP contribution in [0, 0.1) is 0 Å².